The third kappa shape index (κ3) is 4.25. The molecule has 0 bridgehead atoms. The van der Waals surface area contributed by atoms with E-state index in [0.717, 1.165) is 27.2 Å². The average molecular weight is 596 g/mol. The molecule has 1 aromatic heterocycles. The largest absolute Gasteiger partial charge is 0.494 e. The topological polar surface area (TPSA) is 21.7 Å². The fourth-order valence-corrected chi connectivity index (χ4v) is 7.92. The summed E-state index contributed by atoms with van der Waals surface area (Å²) in [5.41, 5.74) is 9.41. The molecule has 2 aliphatic heterocycles. The van der Waals surface area contributed by atoms with Gasteiger partial charge in [-0.2, -0.15) is 0 Å². The molecular formula is C39H38BNO2S. The zero-order valence-electron chi connectivity index (χ0n) is 26.4. The predicted molar refractivity (Wildman–Crippen MR) is 190 cm³/mol. The second-order valence-electron chi connectivity index (χ2n) is 13.4. The Hall–Kier alpha value is -3.90. The molecule has 220 valence electrons. The van der Waals surface area contributed by atoms with Gasteiger partial charge in [0.1, 0.15) is 0 Å². The Morgan fingerprint density at radius 2 is 1.34 bits per heavy atom. The summed E-state index contributed by atoms with van der Waals surface area (Å²) in [5.74, 6) is 0. The molecule has 0 amide bonds. The summed E-state index contributed by atoms with van der Waals surface area (Å²) in [7, 11) is -0.500. The first-order chi connectivity index (χ1) is 21.0. The van der Waals surface area contributed by atoms with Gasteiger partial charge >= 0.3 is 7.12 Å². The lowest BCUT2D eigenvalue weighted by Gasteiger charge is -2.42. The number of para-hydroxylation sites is 2. The maximum absolute atomic E-state index is 6.64. The highest BCUT2D eigenvalue weighted by molar-refractivity contribution is 7.20. The third-order valence-electron chi connectivity index (χ3n) is 9.84. The first-order valence-corrected chi connectivity index (χ1v) is 16.1. The Labute approximate surface area is 265 Å². The molecule has 0 radical (unpaired) electrons. The number of rotatable bonds is 5. The van der Waals surface area contributed by atoms with Crippen molar-refractivity contribution >= 4 is 63.2 Å². The van der Waals surface area contributed by atoms with E-state index in [-0.39, 0.29) is 5.41 Å². The molecule has 1 fully saturated rings. The fourth-order valence-electron chi connectivity index (χ4n) is 6.73. The summed E-state index contributed by atoms with van der Waals surface area (Å²) >= 11 is 1.76. The van der Waals surface area contributed by atoms with Gasteiger partial charge in [0.25, 0.3) is 0 Å². The normalized spacial score (nSPS) is 17.8. The van der Waals surface area contributed by atoms with Gasteiger partial charge in [0.2, 0.25) is 0 Å². The molecule has 0 saturated carbocycles. The molecule has 0 spiro atoms. The van der Waals surface area contributed by atoms with E-state index in [0.29, 0.717) is 0 Å². The minimum atomic E-state index is -0.500. The summed E-state index contributed by atoms with van der Waals surface area (Å²) < 4.78 is 14.5. The van der Waals surface area contributed by atoms with Crippen LogP contribution in [0.3, 0.4) is 0 Å². The molecule has 5 heteroatoms. The highest BCUT2D eigenvalue weighted by Crippen LogP contribution is 2.52. The van der Waals surface area contributed by atoms with Gasteiger partial charge in [0.05, 0.1) is 22.6 Å². The standard InChI is InChI=1S/C39H38BNO2S/c1-9-28-30-17-15-16-29(36(30)44-35(28)10-2)25-22-26(40-42-38(5,6)39(7,8)43-40)24-27(23-25)41-33-20-13-11-18-31(33)37(3,4)32-19-12-14-21-34(32)41/h9-24H,1-2H2,3-8H3. The minimum Gasteiger partial charge on any atom is -0.399 e. The predicted octanol–water partition coefficient (Wildman–Crippen LogP) is 10.3. The van der Waals surface area contributed by atoms with Gasteiger partial charge < -0.3 is 14.2 Å². The van der Waals surface area contributed by atoms with Crippen molar-refractivity contribution < 1.29 is 9.31 Å². The van der Waals surface area contributed by atoms with Gasteiger partial charge in [0, 0.05) is 26.1 Å². The Morgan fingerprint density at radius 1 is 0.727 bits per heavy atom. The Bertz CT molecular complexity index is 1900. The molecule has 7 rings (SSSR count). The average Bonchev–Trinajstić information content (AvgIpc) is 3.49. The summed E-state index contributed by atoms with van der Waals surface area (Å²) in [4.78, 5) is 3.54. The van der Waals surface area contributed by atoms with Crippen molar-refractivity contribution in [2.75, 3.05) is 4.90 Å². The van der Waals surface area contributed by atoms with E-state index in [4.69, 9.17) is 9.31 Å². The van der Waals surface area contributed by atoms with E-state index >= 15 is 0 Å². The number of nitrogens with zero attached hydrogens (tertiary/aromatic N) is 1. The molecule has 0 unspecified atom stereocenters. The van der Waals surface area contributed by atoms with Crippen LogP contribution in [-0.2, 0) is 14.7 Å². The molecular weight excluding hydrogens is 557 g/mol. The number of hydrogen-bond donors (Lipinski definition) is 0. The highest BCUT2D eigenvalue weighted by atomic mass is 32.1. The Balaban J connectivity index is 1.51. The molecule has 5 aromatic rings. The van der Waals surface area contributed by atoms with E-state index < -0.39 is 18.3 Å². The lowest BCUT2D eigenvalue weighted by molar-refractivity contribution is 0.00578. The van der Waals surface area contributed by atoms with Gasteiger partial charge in [-0.1, -0.05) is 99.8 Å². The lowest BCUT2D eigenvalue weighted by atomic mass is 9.73. The smallest absolute Gasteiger partial charge is 0.399 e. The zero-order valence-corrected chi connectivity index (χ0v) is 27.2. The molecule has 2 aliphatic rings. The van der Waals surface area contributed by atoms with E-state index in [9.17, 15) is 0 Å². The van der Waals surface area contributed by atoms with Gasteiger partial charge in [-0.25, -0.2) is 0 Å². The van der Waals surface area contributed by atoms with Crippen LogP contribution in [0.15, 0.2) is 98.1 Å². The third-order valence-corrected chi connectivity index (χ3v) is 11.1. The molecule has 3 nitrogen and oxygen atoms in total. The van der Waals surface area contributed by atoms with E-state index in [1.54, 1.807) is 11.3 Å². The number of fused-ring (bicyclic) bond motifs is 3. The van der Waals surface area contributed by atoms with Crippen LogP contribution in [0, 0.1) is 0 Å². The summed E-state index contributed by atoms with van der Waals surface area (Å²) in [6.07, 6.45) is 3.87. The Kier molecular flexibility index (Phi) is 6.60. The van der Waals surface area contributed by atoms with Crippen molar-refractivity contribution in [3.05, 3.63) is 120 Å². The van der Waals surface area contributed by atoms with Crippen LogP contribution in [0.1, 0.15) is 63.1 Å². The van der Waals surface area contributed by atoms with Crippen LogP contribution in [0.5, 0.6) is 0 Å². The van der Waals surface area contributed by atoms with Gasteiger partial charge in [0.15, 0.2) is 0 Å². The minimum absolute atomic E-state index is 0.138. The lowest BCUT2D eigenvalue weighted by Crippen LogP contribution is -2.41. The number of thiophene rings is 1. The molecule has 0 aliphatic carbocycles. The molecule has 44 heavy (non-hydrogen) atoms. The Morgan fingerprint density at radius 3 is 1.93 bits per heavy atom. The van der Waals surface area contributed by atoms with Crippen LogP contribution in [-0.4, -0.2) is 18.3 Å². The van der Waals surface area contributed by atoms with Crippen molar-refractivity contribution in [1.82, 2.24) is 0 Å². The van der Waals surface area contributed by atoms with Crippen molar-refractivity contribution in [3.8, 4) is 11.1 Å². The molecule has 4 aromatic carbocycles. The van der Waals surface area contributed by atoms with Crippen LogP contribution < -0.4 is 10.4 Å². The quantitative estimate of drug-likeness (QED) is 0.189. The van der Waals surface area contributed by atoms with E-state index in [2.05, 4.69) is 145 Å². The van der Waals surface area contributed by atoms with Crippen molar-refractivity contribution in [2.45, 2.75) is 58.2 Å². The first kappa shape index (κ1) is 28.9. The number of benzene rings is 4. The maximum Gasteiger partial charge on any atom is 0.494 e. The van der Waals surface area contributed by atoms with E-state index in [1.807, 2.05) is 12.2 Å². The van der Waals surface area contributed by atoms with Crippen LogP contribution >= 0.6 is 11.3 Å². The van der Waals surface area contributed by atoms with Crippen molar-refractivity contribution in [3.63, 3.8) is 0 Å². The van der Waals surface area contributed by atoms with E-state index in [1.165, 1.54) is 38.2 Å². The SMILES string of the molecule is C=Cc1sc2c(-c3cc(B4OC(C)(C)C(C)(C)O4)cc(N4c5ccccc5C(C)(C)c5ccccc54)c3)cccc2c1C=C. The summed E-state index contributed by atoms with van der Waals surface area (Å²) in [6.45, 7) is 21.3. The van der Waals surface area contributed by atoms with Gasteiger partial charge in [-0.3, -0.25) is 0 Å². The van der Waals surface area contributed by atoms with Crippen molar-refractivity contribution in [1.29, 1.82) is 0 Å². The van der Waals surface area contributed by atoms with Crippen LogP contribution in [0.4, 0.5) is 17.1 Å². The van der Waals surface area contributed by atoms with Crippen LogP contribution in [0.2, 0.25) is 0 Å². The van der Waals surface area contributed by atoms with Crippen LogP contribution in [0.25, 0.3) is 33.4 Å². The first-order valence-electron chi connectivity index (χ1n) is 15.3. The molecule has 3 heterocycles. The highest BCUT2D eigenvalue weighted by Gasteiger charge is 2.52. The van der Waals surface area contributed by atoms with Crippen molar-refractivity contribution in [2.24, 2.45) is 0 Å². The summed E-state index contributed by atoms with van der Waals surface area (Å²) in [6, 6.07) is 30.9. The number of anilines is 3. The second kappa shape index (κ2) is 10.1. The fraction of sp³-hybridized carbons (Fsp3) is 0.231. The zero-order chi connectivity index (χ0) is 31.0. The monoisotopic (exact) mass is 595 g/mol. The molecule has 0 atom stereocenters. The summed E-state index contributed by atoms with van der Waals surface area (Å²) in [5, 5.41) is 1.19. The molecule has 0 N–H and O–H groups in total. The second-order valence-corrected chi connectivity index (χ2v) is 14.4. The molecule has 1 saturated heterocycles. The maximum atomic E-state index is 6.64. The number of hydrogen-bond acceptors (Lipinski definition) is 4. The van der Waals surface area contributed by atoms with Gasteiger partial charge in [-0.05, 0) is 85.2 Å². The van der Waals surface area contributed by atoms with Gasteiger partial charge in [-0.15, -0.1) is 11.3 Å².